The van der Waals surface area contributed by atoms with E-state index in [-0.39, 0.29) is 17.3 Å². The minimum absolute atomic E-state index is 0.159. The lowest BCUT2D eigenvalue weighted by Crippen LogP contribution is -2.24. The van der Waals surface area contributed by atoms with Crippen LogP contribution in [0.25, 0.3) is 22.3 Å². The number of amides is 1. The van der Waals surface area contributed by atoms with E-state index in [2.05, 4.69) is 52.8 Å². The molecule has 37 heavy (non-hydrogen) atoms. The Bertz CT molecular complexity index is 1560. The molecule has 1 fully saturated rings. The number of nitrogens with one attached hydrogen (secondary N) is 1. The van der Waals surface area contributed by atoms with Gasteiger partial charge in [-0.1, -0.05) is 48.5 Å². The summed E-state index contributed by atoms with van der Waals surface area (Å²) < 4.78 is 29.3. The number of ether oxygens (including phenoxy) is 1. The molecule has 5 rings (SSSR count). The second-order valence-corrected chi connectivity index (χ2v) is 11.4. The van der Waals surface area contributed by atoms with Gasteiger partial charge in [0.15, 0.2) is 9.84 Å². The molecule has 1 amide bonds. The highest BCUT2D eigenvalue weighted by Crippen LogP contribution is 2.29. The highest BCUT2D eigenvalue weighted by Gasteiger charge is 2.20. The van der Waals surface area contributed by atoms with Crippen LogP contribution in [0.4, 0.5) is 0 Å². The van der Waals surface area contributed by atoms with Gasteiger partial charge in [0.25, 0.3) is 5.91 Å². The molecule has 4 aromatic rings. The third-order valence-corrected chi connectivity index (χ3v) is 7.88. The van der Waals surface area contributed by atoms with Gasteiger partial charge in [0, 0.05) is 23.9 Å². The van der Waals surface area contributed by atoms with Crippen LogP contribution >= 0.6 is 0 Å². The molecule has 3 aromatic carbocycles. The van der Waals surface area contributed by atoms with Crippen molar-refractivity contribution in [1.29, 1.82) is 0 Å². The van der Waals surface area contributed by atoms with Crippen LogP contribution in [0.1, 0.15) is 33.1 Å². The average molecular weight is 513 g/mol. The number of benzene rings is 3. The van der Waals surface area contributed by atoms with Crippen molar-refractivity contribution in [3.05, 3.63) is 107 Å². The van der Waals surface area contributed by atoms with E-state index in [4.69, 9.17) is 4.74 Å². The van der Waals surface area contributed by atoms with E-state index < -0.39 is 9.84 Å². The average Bonchev–Trinajstić information content (AvgIpc) is 2.86. The Morgan fingerprint density at radius 2 is 1.62 bits per heavy atom. The fourth-order valence-corrected chi connectivity index (χ4v) is 5.42. The van der Waals surface area contributed by atoms with Crippen LogP contribution in [0.3, 0.4) is 0 Å². The normalized spacial score (nSPS) is 13.7. The lowest BCUT2D eigenvalue weighted by molar-refractivity contribution is 0.00843. The van der Waals surface area contributed by atoms with Crippen molar-refractivity contribution in [2.24, 2.45) is 0 Å². The van der Waals surface area contributed by atoms with Gasteiger partial charge < -0.3 is 10.1 Å². The van der Waals surface area contributed by atoms with Crippen molar-refractivity contribution in [1.82, 2.24) is 10.3 Å². The molecule has 1 aliphatic rings. The van der Waals surface area contributed by atoms with Gasteiger partial charge in [-0.2, -0.15) is 0 Å². The van der Waals surface area contributed by atoms with Gasteiger partial charge in [0.1, 0.15) is 0 Å². The van der Waals surface area contributed by atoms with Gasteiger partial charge >= 0.3 is 0 Å². The van der Waals surface area contributed by atoms with E-state index in [0.29, 0.717) is 22.7 Å². The zero-order valence-corrected chi connectivity index (χ0v) is 21.6. The summed E-state index contributed by atoms with van der Waals surface area (Å²) in [6.07, 6.45) is 2.87. The smallest absolute Gasteiger partial charge is 0.251 e. The number of hydrogen-bond acceptors (Lipinski definition) is 5. The van der Waals surface area contributed by atoms with E-state index in [1.165, 1.54) is 11.6 Å². The minimum Gasteiger partial charge on any atom is -0.380 e. The molecule has 1 aliphatic heterocycles. The summed E-state index contributed by atoms with van der Waals surface area (Å²) in [4.78, 5) is 17.3. The molecular weight excluding hydrogens is 484 g/mol. The van der Waals surface area contributed by atoms with Gasteiger partial charge in [-0.15, -0.1) is 0 Å². The van der Waals surface area contributed by atoms with Crippen molar-refractivity contribution < 1.29 is 17.9 Å². The molecule has 0 atom stereocenters. The third-order valence-electron chi connectivity index (χ3n) is 6.65. The van der Waals surface area contributed by atoms with Crippen molar-refractivity contribution in [3.8, 4) is 22.3 Å². The number of aryl methyl sites for hydroxylation is 1. The van der Waals surface area contributed by atoms with Crippen LogP contribution in [0.5, 0.6) is 0 Å². The summed E-state index contributed by atoms with van der Waals surface area (Å²) in [5, 5.41) is 2.85. The number of hydrogen-bond donors (Lipinski definition) is 1. The molecule has 1 N–H and O–H groups in total. The maximum Gasteiger partial charge on any atom is 0.251 e. The molecule has 0 unspecified atom stereocenters. The largest absolute Gasteiger partial charge is 0.380 e. The van der Waals surface area contributed by atoms with Crippen molar-refractivity contribution in [2.45, 2.75) is 24.3 Å². The van der Waals surface area contributed by atoms with E-state index >= 15 is 0 Å². The molecule has 0 bridgehead atoms. The first-order valence-electron chi connectivity index (χ1n) is 12.1. The van der Waals surface area contributed by atoms with Crippen molar-refractivity contribution in [2.75, 3.05) is 19.5 Å². The Balaban J connectivity index is 1.30. The Labute approximate surface area is 217 Å². The van der Waals surface area contributed by atoms with Crippen molar-refractivity contribution in [3.63, 3.8) is 0 Å². The first-order valence-corrected chi connectivity index (χ1v) is 14.0. The summed E-state index contributed by atoms with van der Waals surface area (Å²) in [6.45, 7) is 3.53. The third kappa shape index (κ3) is 5.63. The quantitative estimate of drug-likeness (QED) is 0.369. The van der Waals surface area contributed by atoms with E-state index in [0.717, 1.165) is 41.7 Å². The van der Waals surface area contributed by atoms with Crippen LogP contribution in [0.2, 0.25) is 0 Å². The highest BCUT2D eigenvalue weighted by molar-refractivity contribution is 7.90. The van der Waals surface area contributed by atoms with E-state index in [9.17, 15) is 13.2 Å². The molecule has 188 valence electrons. The minimum atomic E-state index is -3.42. The van der Waals surface area contributed by atoms with Crippen LogP contribution in [-0.4, -0.2) is 38.8 Å². The number of sulfone groups is 1. The summed E-state index contributed by atoms with van der Waals surface area (Å²) >= 11 is 0. The second-order valence-electron chi connectivity index (χ2n) is 9.41. The molecule has 0 aliphatic carbocycles. The lowest BCUT2D eigenvalue weighted by atomic mass is 9.94. The van der Waals surface area contributed by atoms with Crippen LogP contribution in [0.15, 0.2) is 90.0 Å². The molecule has 0 radical (unpaired) electrons. The number of carbonyl (C=O) groups excluding carboxylic acids is 1. The summed E-state index contributed by atoms with van der Waals surface area (Å²) in [6, 6.07) is 25.6. The van der Waals surface area contributed by atoms with Gasteiger partial charge in [-0.3, -0.25) is 9.78 Å². The maximum absolute atomic E-state index is 12.7. The fourth-order valence-electron chi connectivity index (χ4n) is 4.42. The number of pyridine rings is 1. The van der Waals surface area contributed by atoms with E-state index in [1.54, 1.807) is 25.3 Å². The first-order chi connectivity index (χ1) is 17.8. The van der Waals surface area contributed by atoms with Crippen LogP contribution in [-0.2, 0) is 21.1 Å². The van der Waals surface area contributed by atoms with Crippen LogP contribution < -0.4 is 5.32 Å². The topological polar surface area (TPSA) is 85.4 Å². The Hall–Kier alpha value is -3.81. The molecule has 0 saturated carbocycles. The zero-order chi connectivity index (χ0) is 26.0. The van der Waals surface area contributed by atoms with Gasteiger partial charge in [0.05, 0.1) is 30.3 Å². The fraction of sp³-hybridized carbons (Fsp3) is 0.200. The summed E-state index contributed by atoms with van der Waals surface area (Å²) in [5.74, 6) is 0.153. The summed E-state index contributed by atoms with van der Waals surface area (Å²) in [7, 11) is -3.42. The Morgan fingerprint density at radius 3 is 2.30 bits per heavy atom. The predicted octanol–water partition coefficient (Wildman–Crippen LogP) is 5.17. The summed E-state index contributed by atoms with van der Waals surface area (Å²) in [5.41, 5.74) is 7.26. The molecule has 1 saturated heterocycles. The first kappa shape index (κ1) is 24.9. The van der Waals surface area contributed by atoms with E-state index in [1.807, 2.05) is 18.2 Å². The zero-order valence-electron chi connectivity index (χ0n) is 20.8. The molecular formula is C30H28N2O4S. The monoisotopic (exact) mass is 512 g/mol. The molecule has 6 nitrogen and oxygen atoms in total. The molecule has 7 heteroatoms. The van der Waals surface area contributed by atoms with Gasteiger partial charge in [-0.05, 0) is 70.6 Å². The molecule has 0 spiro atoms. The Morgan fingerprint density at radius 1 is 0.919 bits per heavy atom. The number of aromatic nitrogens is 1. The van der Waals surface area contributed by atoms with Crippen LogP contribution in [0, 0.1) is 6.92 Å². The van der Waals surface area contributed by atoms with Gasteiger partial charge in [0.2, 0.25) is 0 Å². The molecule has 2 heterocycles. The lowest BCUT2D eigenvalue weighted by Gasteiger charge is -2.26. The number of carbonyl (C=O) groups is 1. The number of rotatable bonds is 7. The molecule has 1 aromatic heterocycles. The van der Waals surface area contributed by atoms with Crippen molar-refractivity contribution >= 4 is 15.7 Å². The predicted molar refractivity (Wildman–Crippen MR) is 144 cm³/mol. The highest BCUT2D eigenvalue weighted by atomic mass is 32.2. The van der Waals surface area contributed by atoms with Gasteiger partial charge in [-0.25, -0.2) is 8.42 Å². The maximum atomic E-state index is 12.7. The SMILES string of the molecule is Cc1ccc(C(=O)NCc2cc(-c3cccc(-c4ccc(C5COC5)cc4)c3)ccn2)cc1S(C)(=O)=O. The Kier molecular flexibility index (Phi) is 6.91. The number of nitrogens with zero attached hydrogens (tertiary/aromatic N) is 1. The second kappa shape index (κ2) is 10.3. The standard InChI is InChI=1S/C30H28N2O4S/c1-20-6-7-26(16-29(20)37(2,34)35)30(33)32-17-28-15-25(12-13-31-28)24-5-3-4-23(14-24)21-8-10-22(11-9-21)27-18-36-19-27/h3-16,27H,17-19H2,1-2H3,(H,32,33).